The van der Waals surface area contributed by atoms with Gasteiger partial charge in [0.25, 0.3) is 5.56 Å². The molecule has 0 amide bonds. The Morgan fingerprint density at radius 2 is 2.08 bits per heavy atom. The summed E-state index contributed by atoms with van der Waals surface area (Å²) in [5.41, 5.74) is -1.98. The number of carbonyl (C=O) groups is 1. The third kappa shape index (κ3) is 4.77. The fourth-order valence-corrected chi connectivity index (χ4v) is 2.10. The molecule has 8 nitrogen and oxygen atoms in total. The van der Waals surface area contributed by atoms with E-state index < -0.39 is 35.5 Å². The predicted molar refractivity (Wildman–Crippen MR) is 81.7 cm³/mol. The first-order chi connectivity index (χ1) is 12.1. The molecule has 0 fully saturated rings. The summed E-state index contributed by atoms with van der Waals surface area (Å²) in [5, 5.41) is 13.0. The first-order valence-electron chi connectivity index (χ1n) is 7.47. The van der Waals surface area contributed by atoms with Crippen molar-refractivity contribution in [3.63, 3.8) is 0 Å². The molecule has 1 N–H and O–H groups in total. The van der Waals surface area contributed by atoms with E-state index in [0.29, 0.717) is 6.07 Å². The number of rotatable bonds is 6. The Labute approximate surface area is 145 Å². The number of halogens is 3. The van der Waals surface area contributed by atoms with Crippen molar-refractivity contribution in [2.45, 2.75) is 32.5 Å². The molecule has 2 aromatic rings. The van der Waals surface area contributed by atoms with Crippen LogP contribution in [0, 0.1) is 5.92 Å². The van der Waals surface area contributed by atoms with Gasteiger partial charge in [0.2, 0.25) is 0 Å². The van der Waals surface area contributed by atoms with Crippen molar-refractivity contribution in [3.8, 4) is 11.8 Å². The monoisotopic (exact) mass is 372 g/mol. The lowest BCUT2D eigenvalue weighted by atomic mass is 10.0. The second-order valence-corrected chi connectivity index (χ2v) is 5.78. The molecule has 0 aromatic carbocycles. The van der Waals surface area contributed by atoms with Crippen LogP contribution in [0.15, 0.2) is 29.3 Å². The van der Waals surface area contributed by atoms with Crippen LogP contribution in [0.3, 0.4) is 0 Å². The minimum Gasteiger partial charge on any atom is -0.480 e. The van der Waals surface area contributed by atoms with Crippen LogP contribution in [0.4, 0.5) is 13.2 Å². The first-order valence-corrected chi connectivity index (χ1v) is 7.47. The highest BCUT2D eigenvalue weighted by atomic mass is 19.4. The van der Waals surface area contributed by atoms with Gasteiger partial charge in [-0.15, -0.1) is 0 Å². The smallest absolute Gasteiger partial charge is 0.433 e. The Hall–Kier alpha value is -2.98. The van der Waals surface area contributed by atoms with Gasteiger partial charge in [-0.05, 0) is 18.4 Å². The summed E-state index contributed by atoms with van der Waals surface area (Å²) in [6, 6.07) is -0.198. The molecular formula is C15H15F3N4O4. The molecule has 11 heteroatoms. The molecule has 0 saturated heterocycles. The number of nitrogens with zero attached hydrogens (tertiary/aromatic N) is 4. The van der Waals surface area contributed by atoms with Crippen LogP contribution in [-0.2, 0) is 11.0 Å². The van der Waals surface area contributed by atoms with E-state index >= 15 is 0 Å². The Morgan fingerprint density at radius 1 is 1.38 bits per heavy atom. The molecule has 2 heterocycles. The highest BCUT2D eigenvalue weighted by molar-refractivity contribution is 5.71. The van der Waals surface area contributed by atoms with Crippen molar-refractivity contribution in [2.75, 3.05) is 0 Å². The van der Waals surface area contributed by atoms with E-state index in [9.17, 15) is 27.9 Å². The van der Waals surface area contributed by atoms with Crippen LogP contribution in [0.2, 0.25) is 0 Å². The maximum absolute atomic E-state index is 12.6. The fourth-order valence-electron chi connectivity index (χ4n) is 2.10. The minimum absolute atomic E-state index is 0.000708. The average molecular weight is 372 g/mol. The number of carboxylic acid groups (broad SMARTS) is 1. The normalized spacial score (nSPS) is 12.8. The summed E-state index contributed by atoms with van der Waals surface area (Å²) in [4.78, 5) is 30.2. The second-order valence-electron chi connectivity index (χ2n) is 5.78. The summed E-state index contributed by atoms with van der Waals surface area (Å²) in [6.07, 6.45) is -2.61. The van der Waals surface area contributed by atoms with Gasteiger partial charge in [-0.2, -0.15) is 23.3 Å². The molecule has 0 aliphatic rings. The molecular weight excluding hydrogens is 357 g/mol. The second kappa shape index (κ2) is 7.50. The van der Waals surface area contributed by atoms with Gasteiger partial charge < -0.3 is 9.84 Å². The van der Waals surface area contributed by atoms with Crippen LogP contribution in [0.5, 0.6) is 11.8 Å². The Balaban J connectivity index is 2.27. The number of alkyl halides is 3. The lowest BCUT2D eigenvalue weighted by molar-refractivity contribution is -0.142. The SMILES string of the molecule is CC(C)CC(C(=O)O)n1ncc(Oc2nccc(C(F)(F)F)n2)cc1=O. The highest BCUT2D eigenvalue weighted by Gasteiger charge is 2.33. The fraction of sp³-hybridized carbons (Fsp3) is 0.400. The van der Waals surface area contributed by atoms with Crippen LogP contribution in [0.1, 0.15) is 32.0 Å². The highest BCUT2D eigenvalue weighted by Crippen LogP contribution is 2.28. The van der Waals surface area contributed by atoms with Crippen molar-refractivity contribution in [1.29, 1.82) is 0 Å². The lowest BCUT2D eigenvalue weighted by Crippen LogP contribution is -2.32. The van der Waals surface area contributed by atoms with Crippen molar-refractivity contribution in [3.05, 3.63) is 40.6 Å². The first kappa shape index (κ1) is 19.3. The maximum atomic E-state index is 12.6. The van der Waals surface area contributed by atoms with Gasteiger partial charge in [-0.25, -0.2) is 14.5 Å². The number of aromatic nitrogens is 4. The molecule has 0 bridgehead atoms. The van der Waals surface area contributed by atoms with E-state index in [1.165, 1.54) is 0 Å². The molecule has 26 heavy (non-hydrogen) atoms. The van der Waals surface area contributed by atoms with Gasteiger partial charge in [0.15, 0.2) is 17.5 Å². The van der Waals surface area contributed by atoms with Gasteiger partial charge in [-0.1, -0.05) is 13.8 Å². The molecule has 1 unspecified atom stereocenters. The van der Waals surface area contributed by atoms with Gasteiger partial charge in [0, 0.05) is 12.3 Å². The largest absolute Gasteiger partial charge is 0.480 e. The molecule has 2 aromatic heterocycles. The summed E-state index contributed by atoms with van der Waals surface area (Å²) in [6.45, 7) is 3.59. The number of hydrogen-bond donors (Lipinski definition) is 1. The Kier molecular flexibility index (Phi) is 5.58. The third-order valence-electron chi connectivity index (χ3n) is 3.21. The summed E-state index contributed by atoms with van der Waals surface area (Å²) in [7, 11) is 0. The number of aliphatic carboxylic acids is 1. The topological polar surface area (TPSA) is 107 Å². The van der Waals surface area contributed by atoms with E-state index in [0.717, 1.165) is 23.1 Å². The van der Waals surface area contributed by atoms with Gasteiger partial charge in [0.1, 0.15) is 0 Å². The quantitative estimate of drug-likeness (QED) is 0.830. The number of carboxylic acids is 1. The van der Waals surface area contributed by atoms with E-state index in [-0.39, 0.29) is 18.1 Å². The maximum Gasteiger partial charge on any atom is 0.433 e. The van der Waals surface area contributed by atoms with E-state index in [1.54, 1.807) is 13.8 Å². The van der Waals surface area contributed by atoms with E-state index in [2.05, 4.69) is 15.1 Å². The number of ether oxygens (including phenoxy) is 1. The Bertz CT molecular complexity index is 851. The molecule has 2 rings (SSSR count). The zero-order valence-electron chi connectivity index (χ0n) is 13.8. The molecule has 0 radical (unpaired) electrons. The van der Waals surface area contributed by atoms with Crippen LogP contribution in [0.25, 0.3) is 0 Å². The zero-order chi connectivity index (χ0) is 19.5. The minimum atomic E-state index is -4.67. The molecule has 0 spiro atoms. The summed E-state index contributed by atoms with van der Waals surface area (Å²) < 4.78 is 43.7. The van der Waals surface area contributed by atoms with Crippen LogP contribution < -0.4 is 10.3 Å². The Morgan fingerprint density at radius 3 is 2.62 bits per heavy atom. The van der Waals surface area contributed by atoms with Crippen LogP contribution >= 0.6 is 0 Å². The van der Waals surface area contributed by atoms with E-state index in [4.69, 9.17) is 4.74 Å². The van der Waals surface area contributed by atoms with Gasteiger partial charge >= 0.3 is 18.2 Å². The molecule has 0 saturated carbocycles. The molecule has 1 atom stereocenters. The van der Waals surface area contributed by atoms with Gasteiger partial charge in [-0.3, -0.25) is 4.79 Å². The number of hydrogen-bond acceptors (Lipinski definition) is 6. The average Bonchev–Trinajstić information content (AvgIpc) is 2.52. The summed E-state index contributed by atoms with van der Waals surface area (Å²) in [5.74, 6) is -1.43. The summed E-state index contributed by atoms with van der Waals surface area (Å²) >= 11 is 0. The molecule has 140 valence electrons. The van der Waals surface area contributed by atoms with E-state index in [1.807, 2.05) is 0 Å². The van der Waals surface area contributed by atoms with Crippen LogP contribution in [-0.4, -0.2) is 30.8 Å². The standard InChI is InChI=1S/C15H15F3N4O4/c1-8(2)5-10(13(24)25)22-12(23)6-9(7-20-22)26-14-19-4-3-11(21-14)15(16,17)18/h3-4,6-8,10H,5H2,1-2H3,(H,24,25). The molecule has 0 aliphatic heterocycles. The predicted octanol–water partition coefficient (Wildman–Crippen LogP) is 2.52. The van der Waals surface area contributed by atoms with Gasteiger partial charge in [0.05, 0.1) is 6.20 Å². The van der Waals surface area contributed by atoms with Crippen molar-refractivity contribution in [2.24, 2.45) is 5.92 Å². The van der Waals surface area contributed by atoms with Crippen molar-refractivity contribution >= 4 is 5.97 Å². The van der Waals surface area contributed by atoms with Crippen molar-refractivity contribution < 1.29 is 27.8 Å². The third-order valence-corrected chi connectivity index (χ3v) is 3.21. The zero-order valence-corrected chi connectivity index (χ0v) is 13.8. The molecule has 0 aliphatic carbocycles. The van der Waals surface area contributed by atoms with Crippen molar-refractivity contribution in [1.82, 2.24) is 19.7 Å². The lowest BCUT2D eigenvalue weighted by Gasteiger charge is -2.16.